The van der Waals surface area contributed by atoms with Crippen LogP contribution in [0.2, 0.25) is 5.02 Å². The van der Waals surface area contributed by atoms with Gasteiger partial charge >= 0.3 is 5.97 Å². The number of nitrogens with zero attached hydrogens (tertiary/aromatic N) is 3. The number of aryl methyl sites for hydroxylation is 1. The normalized spacial score (nSPS) is 12.2. The Bertz CT molecular complexity index is 1250. The minimum atomic E-state index is -1.22. The largest absolute Gasteiger partial charge is 0.462 e. The molecule has 1 unspecified atom stereocenters. The summed E-state index contributed by atoms with van der Waals surface area (Å²) in [6, 6.07) is 11.1. The van der Waals surface area contributed by atoms with Crippen LogP contribution in [0.4, 0.5) is 5.69 Å². The van der Waals surface area contributed by atoms with Gasteiger partial charge in [-0.1, -0.05) is 62.3 Å². The molecule has 0 aliphatic heterocycles. The molecular formula is C26H29ClN4O4S. The highest BCUT2D eigenvalue weighted by Gasteiger charge is 2.37. The fraction of sp³-hybridized carbons (Fsp3) is 0.346. The fourth-order valence-electron chi connectivity index (χ4n) is 3.25. The molecule has 3 rings (SSSR count). The van der Waals surface area contributed by atoms with E-state index in [2.05, 4.69) is 15.4 Å². The summed E-state index contributed by atoms with van der Waals surface area (Å²) in [5, 5.41) is 7.97. The van der Waals surface area contributed by atoms with Crippen LogP contribution in [0.25, 0.3) is 0 Å². The topological polar surface area (TPSA) is 103 Å². The second-order valence-electron chi connectivity index (χ2n) is 9.20. The number of hydrogen-bond donors (Lipinski definition) is 1. The molecule has 3 aromatic rings. The molecule has 2 aromatic carbocycles. The second kappa shape index (κ2) is 11.7. The van der Waals surface area contributed by atoms with Crippen molar-refractivity contribution in [2.24, 2.45) is 5.41 Å². The quantitative estimate of drug-likeness (QED) is 0.222. The first-order valence-electron chi connectivity index (χ1n) is 11.4. The number of carbonyl (C=O) groups excluding carboxylic acids is 3. The van der Waals surface area contributed by atoms with Gasteiger partial charge in [0.15, 0.2) is 11.8 Å². The summed E-state index contributed by atoms with van der Waals surface area (Å²) in [5.74, 6) is -0.675. The van der Waals surface area contributed by atoms with Gasteiger partial charge in [0.25, 0.3) is 5.91 Å². The number of ketones is 1. The molecule has 1 atom stereocenters. The Morgan fingerprint density at radius 2 is 1.83 bits per heavy atom. The molecule has 10 heteroatoms. The number of Topliss-reactive ketones (excluding diaryl/α,β-unsaturated/α-hetero) is 1. The summed E-state index contributed by atoms with van der Waals surface area (Å²) in [4.78, 5) is 42.6. The molecule has 36 heavy (non-hydrogen) atoms. The Balaban J connectivity index is 1.76. The van der Waals surface area contributed by atoms with Crippen LogP contribution in [0.5, 0.6) is 0 Å². The van der Waals surface area contributed by atoms with Crippen LogP contribution < -0.4 is 5.32 Å². The third-order valence-electron chi connectivity index (χ3n) is 5.20. The number of aromatic nitrogens is 3. The highest BCUT2D eigenvalue weighted by molar-refractivity contribution is 7.98. The number of carbonyl (C=O) groups is 3. The zero-order valence-corrected chi connectivity index (χ0v) is 22.4. The van der Waals surface area contributed by atoms with Crippen molar-refractivity contribution in [1.29, 1.82) is 0 Å². The summed E-state index contributed by atoms with van der Waals surface area (Å²) in [7, 11) is 0. The average molecular weight is 529 g/mol. The summed E-state index contributed by atoms with van der Waals surface area (Å²) < 4.78 is 6.29. The van der Waals surface area contributed by atoms with Gasteiger partial charge in [0.05, 0.1) is 22.9 Å². The molecule has 190 valence electrons. The molecular weight excluding hydrogens is 500 g/mol. The third-order valence-corrected chi connectivity index (χ3v) is 6.45. The molecule has 0 aliphatic carbocycles. The van der Waals surface area contributed by atoms with E-state index in [4.69, 9.17) is 16.3 Å². The van der Waals surface area contributed by atoms with Gasteiger partial charge < -0.3 is 10.1 Å². The fourth-order valence-corrected chi connectivity index (χ4v) is 4.18. The van der Waals surface area contributed by atoms with Gasteiger partial charge in [-0.15, -0.1) is 5.10 Å². The monoisotopic (exact) mass is 528 g/mol. The lowest BCUT2D eigenvalue weighted by molar-refractivity contribution is -0.135. The Morgan fingerprint density at radius 3 is 2.47 bits per heavy atom. The third kappa shape index (κ3) is 6.95. The molecule has 1 heterocycles. The van der Waals surface area contributed by atoms with Crippen LogP contribution in [0.3, 0.4) is 0 Å². The molecule has 1 amide bonds. The van der Waals surface area contributed by atoms with Crippen molar-refractivity contribution in [2.75, 3.05) is 11.9 Å². The van der Waals surface area contributed by atoms with Crippen molar-refractivity contribution >= 4 is 46.7 Å². The zero-order valence-electron chi connectivity index (χ0n) is 20.9. The first kappa shape index (κ1) is 27.4. The van der Waals surface area contributed by atoms with E-state index in [9.17, 15) is 14.4 Å². The lowest BCUT2D eigenvalue weighted by Gasteiger charge is -2.24. The summed E-state index contributed by atoms with van der Waals surface area (Å²) in [6.07, 6.45) is 1.39. The molecule has 8 nitrogen and oxygen atoms in total. The van der Waals surface area contributed by atoms with E-state index in [1.807, 2.05) is 25.1 Å². The summed E-state index contributed by atoms with van der Waals surface area (Å²) in [5.41, 5.74) is 1.99. The lowest BCUT2D eigenvalue weighted by atomic mass is 9.86. The summed E-state index contributed by atoms with van der Waals surface area (Å²) >= 11 is 7.60. The molecule has 0 aliphatic rings. The molecule has 1 aromatic heterocycles. The number of nitrogens with one attached hydrogen (secondary N) is 1. The number of esters is 1. The van der Waals surface area contributed by atoms with E-state index < -0.39 is 17.4 Å². The Labute approximate surface area is 219 Å². The molecule has 1 N–H and O–H groups in total. The van der Waals surface area contributed by atoms with E-state index in [0.717, 1.165) is 11.1 Å². The number of halogens is 1. The molecule has 0 saturated heterocycles. The zero-order chi connectivity index (χ0) is 26.5. The number of hydrogen-bond acceptors (Lipinski definition) is 7. The molecule has 0 saturated carbocycles. The van der Waals surface area contributed by atoms with E-state index in [1.54, 1.807) is 52.0 Å². The Kier molecular flexibility index (Phi) is 8.92. The average Bonchev–Trinajstić information content (AvgIpc) is 3.28. The van der Waals surface area contributed by atoms with Gasteiger partial charge in [-0.25, -0.2) is 14.5 Å². The van der Waals surface area contributed by atoms with Crippen LogP contribution in [-0.4, -0.2) is 39.0 Å². The number of thioether (sulfide) groups is 1. The molecule has 0 radical (unpaired) electrons. The first-order valence-corrected chi connectivity index (χ1v) is 12.8. The van der Waals surface area contributed by atoms with Crippen LogP contribution >= 0.6 is 23.4 Å². The van der Waals surface area contributed by atoms with Crippen molar-refractivity contribution < 1.29 is 19.1 Å². The lowest BCUT2D eigenvalue weighted by Crippen LogP contribution is -2.39. The van der Waals surface area contributed by atoms with Crippen molar-refractivity contribution in [2.45, 2.75) is 51.6 Å². The standard InChI is InChI=1S/C26H29ClN4O4S/c1-6-35-24(34)18-10-8-17(9-11-18)14-36-25-28-15-31(30-25)21(22(32)26(3,4)5)23(33)29-20-13-16(2)7-12-19(20)27/h7-13,15,21H,6,14H2,1-5H3,(H,29,33). The number of amides is 1. The van der Waals surface area contributed by atoms with Crippen molar-refractivity contribution in [3.05, 3.63) is 70.5 Å². The minimum absolute atomic E-state index is 0.306. The van der Waals surface area contributed by atoms with Gasteiger partial charge in [0, 0.05) is 11.2 Å². The number of anilines is 1. The highest BCUT2D eigenvalue weighted by atomic mass is 35.5. The smallest absolute Gasteiger partial charge is 0.338 e. The second-order valence-corrected chi connectivity index (χ2v) is 10.6. The predicted octanol–water partition coefficient (Wildman–Crippen LogP) is 5.50. The maximum Gasteiger partial charge on any atom is 0.338 e. The van der Waals surface area contributed by atoms with Crippen molar-refractivity contribution in [3.8, 4) is 0 Å². The van der Waals surface area contributed by atoms with Crippen LogP contribution in [0.15, 0.2) is 53.9 Å². The number of rotatable bonds is 9. The van der Waals surface area contributed by atoms with Gasteiger partial charge in [0.1, 0.15) is 6.33 Å². The van der Waals surface area contributed by atoms with E-state index in [1.165, 1.54) is 22.8 Å². The van der Waals surface area contributed by atoms with Crippen LogP contribution in [0.1, 0.15) is 55.2 Å². The van der Waals surface area contributed by atoms with Gasteiger partial charge in [0.2, 0.25) is 5.16 Å². The van der Waals surface area contributed by atoms with E-state index >= 15 is 0 Å². The maximum absolute atomic E-state index is 13.3. The molecule has 0 spiro atoms. The maximum atomic E-state index is 13.3. The minimum Gasteiger partial charge on any atom is -0.462 e. The van der Waals surface area contributed by atoms with Gasteiger partial charge in [-0.05, 0) is 49.2 Å². The number of benzene rings is 2. The van der Waals surface area contributed by atoms with Crippen molar-refractivity contribution in [1.82, 2.24) is 14.8 Å². The number of ether oxygens (including phenoxy) is 1. The van der Waals surface area contributed by atoms with Crippen LogP contribution in [0, 0.1) is 12.3 Å². The molecule has 0 fully saturated rings. The van der Waals surface area contributed by atoms with E-state index in [-0.39, 0.29) is 11.8 Å². The Hall–Kier alpha value is -3.17. The van der Waals surface area contributed by atoms with Crippen molar-refractivity contribution in [3.63, 3.8) is 0 Å². The highest BCUT2D eigenvalue weighted by Crippen LogP contribution is 2.28. The van der Waals surface area contributed by atoms with E-state index in [0.29, 0.717) is 33.8 Å². The molecule has 0 bridgehead atoms. The van der Waals surface area contributed by atoms with Gasteiger partial charge in [-0.3, -0.25) is 9.59 Å². The summed E-state index contributed by atoms with van der Waals surface area (Å²) in [6.45, 7) is 9.22. The Morgan fingerprint density at radius 1 is 1.14 bits per heavy atom. The van der Waals surface area contributed by atoms with Crippen LogP contribution in [-0.2, 0) is 20.1 Å². The SMILES string of the molecule is CCOC(=O)c1ccc(CSc2ncn(C(C(=O)Nc3cc(C)ccc3Cl)C(=O)C(C)(C)C)n2)cc1. The van der Waals surface area contributed by atoms with Gasteiger partial charge in [-0.2, -0.15) is 0 Å². The first-order chi connectivity index (χ1) is 17.0. The predicted molar refractivity (Wildman–Crippen MR) is 140 cm³/mol.